The van der Waals surface area contributed by atoms with Gasteiger partial charge in [-0.1, -0.05) is 60.7 Å². The molecule has 2 aromatic rings. The number of hydrogen-bond donors (Lipinski definition) is 0. The number of Topliss-reactive ketones (excluding diaryl/α,β-unsaturated/α-hetero) is 1. The molecule has 2 heteroatoms. The van der Waals surface area contributed by atoms with E-state index < -0.39 is 0 Å². The maximum Gasteiger partial charge on any atom is 0.142 e. The number of piperidine rings is 1. The number of ketones is 1. The number of benzene rings is 2. The molecule has 2 nitrogen and oxygen atoms in total. The largest absolute Gasteiger partial charge is 0.299 e. The Balaban J connectivity index is 1.72. The predicted molar refractivity (Wildman–Crippen MR) is 80.5 cm³/mol. The molecule has 1 heterocycles. The lowest BCUT2D eigenvalue weighted by atomic mass is 9.89. The third-order valence-corrected chi connectivity index (χ3v) is 3.95. The summed E-state index contributed by atoms with van der Waals surface area (Å²) in [5.41, 5.74) is 2.46. The van der Waals surface area contributed by atoms with E-state index in [1.807, 2.05) is 24.3 Å². The van der Waals surface area contributed by atoms with E-state index >= 15 is 0 Å². The molecule has 1 saturated heterocycles. The summed E-state index contributed by atoms with van der Waals surface area (Å²) in [4.78, 5) is 14.5. The Morgan fingerprint density at radius 3 is 2.30 bits per heavy atom. The van der Waals surface area contributed by atoms with Gasteiger partial charge in [0.15, 0.2) is 0 Å². The molecule has 20 heavy (non-hydrogen) atoms. The number of nitrogens with zero attached hydrogens (tertiary/aromatic N) is 1. The minimum Gasteiger partial charge on any atom is -0.299 e. The average Bonchev–Trinajstić information content (AvgIpc) is 2.51. The van der Waals surface area contributed by atoms with Gasteiger partial charge in [0.25, 0.3) is 0 Å². The fraction of sp³-hybridized carbons (Fsp3) is 0.278. The van der Waals surface area contributed by atoms with Gasteiger partial charge < -0.3 is 0 Å². The van der Waals surface area contributed by atoms with Crippen molar-refractivity contribution < 1.29 is 4.79 Å². The molecule has 102 valence electrons. The third-order valence-electron chi connectivity index (χ3n) is 3.95. The van der Waals surface area contributed by atoms with Gasteiger partial charge in [0.1, 0.15) is 5.78 Å². The molecule has 0 aliphatic carbocycles. The lowest BCUT2D eigenvalue weighted by Gasteiger charge is -2.32. The second kappa shape index (κ2) is 6.02. The Bertz CT molecular complexity index is 564. The molecule has 3 rings (SSSR count). The quantitative estimate of drug-likeness (QED) is 0.849. The third kappa shape index (κ3) is 2.97. The summed E-state index contributed by atoms with van der Waals surface area (Å²) in [6.07, 6.45) is 0.659. The van der Waals surface area contributed by atoms with Gasteiger partial charge in [-0.3, -0.25) is 9.69 Å². The molecule has 0 unspecified atom stereocenters. The summed E-state index contributed by atoms with van der Waals surface area (Å²) < 4.78 is 0. The molecule has 0 bridgehead atoms. The molecule has 1 fully saturated rings. The van der Waals surface area contributed by atoms with Gasteiger partial charge in [-0.05, 0) is 11.1 Å². The van der Waals surface area contributed by atoms with Gasteiger partial charge in [-0.15, -0.1) is 0 Å². The second-order valence-corrected chi connectivity index (χ2v) is 5.40. The van der Waals surface area contributed by atoms with Gasteiger partial charge >= 0.3 is 0 Å². The fourth-order valence-electron chi connectivity index (χ4n) is 2.86. The molecule has 0 N–H and O–H groups in total. The maximum absolute atomic E-state index is 12.2. The van der Waals surface area contributed by atoms with Crippen LogP contribution in [0.15, 0.2) is 60.7 Å². The highest BCUT2D eigenvalue weighted by atomic mass is 16.1. The van der Waals surface area contributed by atoms with Crippen LogP contribution in [0.2, 0.25) is 0 Å². The van der Waals surface area contributed by atoms with Crippen LogP contribution in [-0.2, 0) is 11.3 Å². The van der Waals surface area contributed by atoms with E-state index in [4.69, 9.17) is 0 Å². The van der Waals surface area contributed by atoms with Gasteiger partial charge in [-0.2, -0.15) is 0 Å². The van der Waals surface area contributed by atoms with Crippen LogP contribution >= 0.6 is 0 Å². The lowest BCUT2D eigenvalue weighted by Crippen LogP contribution is -2.39. The summed E-state index contributed by atoms with van der Waals surface area (Å²) in [5.74, 6) is 0.411. The summed E-state index contributed by atoms with van der Waals surface area (Å²) in [6.45, 7) is 2.63. The summed E-state index contributed by atoms with van der Waals surface area (Å²) >= 11 is 0. The molecule has 0 amide bonds. The Hall–Kier alpha value is -1.93. The molecule has 0 radical (unpaired) electrons. The van der Waals surface area contributed by atoms with E-state index in [1.165, 1.54) is 5.56 Å². The SMILES string of the molecule is O=C1CCN(Cc2ccccc2)C[C@@H]1c1ccccc1. The van der Waals surface area contributed by atoms with E-state index in [9.17, 15) is 4.79 Å². The minimum atomic E-state index is 0.0358. The van der Waals surface area contributed by atoms with Crippen molar-refractivity contribution in [1.29, 1.82) is 0 Å². The van der Waals surface area contributed by atoms with E-state index in [1.54, 1.807) is 0 Å². The number of rotatable bonds is 3. The molecule has 0 aromatic heterocycles. The first-order valence-corrected chi connectivity index (χ1v) is 7.17. The molecule has 2 aromatic carbocycles. The molecular weight excluding hydrogens is 246 g/mol. The van der Waals surface area contributed by atoms with Crippen molar-refractivity contribution in [2.24, 2.45) is 0 Å². The van der Waals surface area contributed by atoms with Crippen molar-refractivity contribution in [3.63, 3.8) is 0 Å². The average molecular weight is 265 g/mol. The highest BCUT2D eigenvalue weighted by molar-refractivity contribution is 5.86. The standard InChI is InChI=1S/C18H19NO/c20-18-11-12-19(13-15-7-3-1-4-8-15)14-17(18)16-9-5-2-6-10-16/h1-10,17H,11-14H2/t17-/m1/s1. The van der Waals surface area contributed by atoms with Gasteiger partial charge in [0, 0.05) is 26.1 Å². The van der Waals surface area contributed by atoms with Crippen LogP contribution in [-0.4, -0.2) is 23.8 Å². The Morgan fingerprint density at radius 1 is 0.950 bits per heavy atom. The smallest absolute Gasteiger partial charge is 0.142 e. The topological polar surface area (TPSA) is 20.3 Å². The van der Waals surface area contributed by atoms with Crippen LogP contribution in [0.1, 0.15) is 23.5 Å². The van der Waals surface area contributed by atoms with Gasteiger partial charge in [-0.25, -0.2) is 0 Å². The first kappa shape index (κ1) is 13.1. The number of hydrogen-bond acceptors (Lipinski definition) is 2. The zero-order chi connectivity index (χ0) is 13.8. The highest BCUT2D eigenvalue weighted by Crippen LogP contribution is 2.24. The van der Waals surface area contributed by atoms with E-state index in [-0.39, 0.29) is 5.92 Å². The van der Waals surface area contributed by atoms with Crippen LogP contribution in [0.4, 0.5) is 0 Å². The van der Waals surface area contributed by atoms with Crippen LogP contribution in [0.25, 0.3) is 0 Å². The zero-order valence-corrected chi connectivity index (χ0v) is 11.5. The number of carbonyl (C=O) groups is 1. The second-order valence-electron chi connectivity index (χ2n) is 5.40. The normalized spacial score (nSPS) is 20.0. The molecule has 0 spiro atoms. The van der Waals surface area contributed by atoms with Crippen LogP contribution in [0, 0.1) is 0 Å². The number of carbonyl (C=O) groups excluding carboxylic acids is 1. The van der Waals surface area contributed by atoms with Gasteiger partial charge in [0.05, 0.1) is 5.92 Å². The van der Waals surface area contributed by atoms with Crippen molar-refractivity contribution in [3.8, 4) is 0 Å². The molecule has 1 aliphatic heterocycles. The lowest BCUT2D eigenvalue weighted by molar-refractivity contribution is -0.123. The van der Waals surface area contributed by atoms with Gasteiger partial charge in [0.2, 0.25) is 0 Å². The first-order chi connectivity index (χ1) is 9.83. The van der Waals surface area contributed by atoms with E-state index in [0.717, 1.165) is 25.2 Å². The molecular formula is C18H19NO. The van der Waals surface area contributed by atoms with Crippen LogP contribution in [0.5, 0.6) is 0 Å². The predicted octanol–water partition coefficient (Wildman–Crippen LogP) is 3.25. The molecule has 0 saturated carbocycles. The summed E-state index contributed by atoms with van der Waals surface area (Å²) in [6, 6.07) is 20.6. The van der Waals surface area contributed by atoms with Crippen molar-refractivity contribution in [2.45, 2.75) is 18.9 Å². The molecule has 1 atom stereocenters. The Morgan fingerprint density at radius 2 is 1.60 bits per heavy atom. The number of likely N-dealkylation sites (tertiary alicyclic amines) is 1. The summed E-state index contributed by atoms with van der Waals surface area (Å²) in [7, 11) is 0. The Labute approximate surface area is 120 Å². The van der Waals surface area contributed by atoms with Crippen molar-refractivity contribution in [3.05, 3.63) is 71.8 Å². The fourth-order valence-corrected chi connectivity index (χ4v) is 2.86. The van der Waals surface area contributed by atoms with Crippen molar-refractivity contribution in [1.82, 2.24) is 4.90 Å². The van der Waals surface area contributed by atoms with Crippen LogP contribution < -0.4 is 0 Å². The van der Waals surface area contributed by atoms with E-state index in [2.05, 4.69) is 41.3 Å². The Kier molecular flexibility index (Phi) is 3.93. The van der Waals surface area contributed by atoms with Crippen molar-refractivity contribution >= 4 is 5.78 Å². The maximum atomic E-state index is 12.2. The van der Waals surface area contributed by atoms with E-state index in [0.29, 0.717) is 12.2 Å². The zero-order valence-electron chi connectivity index (χ0n) is 11.5. The van der Waals surface area contributed by atoms with Crippen LogP contribution in [0.3, 0.4) is 0 Å². The monoisotopic (exact) mass is 265 g/mol. The summed E-state index contributed by atoms with van der Waals surface area (Å²) in [5, 5.41) is 0. The molecule has 1 aliphatic rings. The first-order valence-electron chi connectivity index (χ1n) is 7.17. The highest BCUT2D eigenvalue weighted by Gasteiger charge is 2.28. The minimum absolute atomic E-state index is 0.0358. The van der Waals surface area contributed by atoms with Crippen molar-refractivity contribution in [2.75, 3.05) is 13.1 Å².